The van der Waals surface area contributed by atoms with Crippen LogP contribution in [-0.2, 0) is 14.3 Å². The molecule has 1 rings (SSSR count). The van der Waals surface area contributed by atoms with E-state index in [1.165, 1.54) is 0 Å². The summed E-state index contributed by atoms with van der Waals surface area (Å²) in [6.07, 6.45) is 1.95. The van der Waals surface area contributed by atoms with E-state index in [1.807, 2.05) is 0 Å². The van der Waals surface area contributed by atoms with Crippen molar-refractivity contribution >= 4 is 5.97 Å². The first-order valence-corrected chi connectivity index (χ1v) is 6.69. The van der Waals surface area contributed by atoms with Crippen molar-refractivity contribution in [2.75, 3.05) is 26.8 Å². The number of rotatable bonds is 8. The van der Waals surface area contributed by atoms with Crippen LogP contribution in [0.25, 0.3) is 0 Å². The zero-order valence-electron chi connectivity index (χ0n) is 11.6. The normalized spacial score (nSPS) is 25.6. The molecule has 0 saturated carbocycles. The highest BCUT2D eigenvalue weighted by atomic mass is 16.5. The molecule has 1 aliphatic rings. The van der Waals surface area contributed by atoms with Crippen LogP contribution in [0.1, 0.15) is 33.1 Å². The fraction of sp³-hybridized carbons (Fsp3) is 0.923. The molecule has 0 aromatic heterocycles. The Labute approximate surface area is 109 Å². The van der Waals surface area contributed by atoms with E-state index in [9.17, 15) is 4.79 Å². The van der Waals surface area contributed by atoms with Crippen LogP contribution in [0.5, 0.6) is 0 Å². The molecule has 0 aliphatic carbocycles. The van der Waals surface area contributed by atoms with Gasteiger partial charge in [-0.05, 0) is 26.2 Å². The number of carboxylic acids is 1. The van der Waals surface area contributed by atoms with Crippen molar-refractivity contribution < 1.29 is 19.4 Å². The van der Waals surface area contributed by atoms with E-state index >= 15 is 0 Å². The summed E-state index contributed by atoms with van der Waals surface area (Å²) in [5, 5.41) is 8.90. The van der Waals surface area contributed by atoms with Gasteiger partial charge in [-0.15, -0.1) is 0 Å². The van der Waals surface area contributed by atoms with E-state index in [4.69, 9.17) is 14.6 Å². The Hall–Kier alpha value is -0.650. The summed E-state index contributed by atoms with van der Waals surface area (Å²) < 4.78 is 10.7. The van der Waals surface area contributed by atoms with Crippen LogP contribution in [0.15, 0.2) is 0 Å². The van der Waals surface area contributed by atoms with Crippen LogP contribution in [0.3, 0.4) is 0 Å². The molecular formula is C13H25NO4. The molecule has 0 bridgehead atoms. The number of nitrogens with zero attached hydrogens (tertiary/aromatic N) is 1. The number of aliphatic carboxylic acids is 1. The van der Waals surface area contributed by atoms with Gasteiger partial charge < -0.3 is 14.6 Å². The molecule has 1 N–H and O–H groups in total. The van der Waals surface area contributed by atoms with E-state index in [0.717, 1.165) is 25.9 Å². The lowest BCUT2D eigenvalue weighted by Crippen LogP contribution is -2.41. The standard InChI is InChI=1S/C13H25NO4/c1-4-10(2)14(7-8-17-3)9-11-5-6-12(18-11)13(15)16/h10-12H,4-9H2,1-3H3,(H,15,16). The van der Waals surface area contributed by atoms with Crippen LogP contribution in [-0.4, -0.2) is 61.0 Å². The molecule has 0 radical (unpaired) electrons. The molecule has 5 nitrogen and oxygen atoms in total. The van der Waals surface area contributed by atoms with Gasteiger partial charge in [0.25, 0.3) is 0 Å². The maximum atomic E-state index is 10.8. The maximum Gasteiger partial charge on any atom is 0.332 e. The van der Waals surface area contributed by atoms with E-state index in [0.29, 0.717) is 19.1 Å². The molecule has 3 atom stereocenters. The number of hydrogen-bond donors (Lipinski definition) is 1. The van der Waals surface area contributed by atoms with Gasteiger partial charge in [-0.25, -0.2) is 4.79 Å². The third-order valence-corrected chi connectivity index (χ3v) is 3.62. The van der Waals surface area contributed by atoms with Crippen molar-refractivity contribution in [3.63, 3.8) is 0 Å². The minimum atomic E-state index is -0.843. The van der Waals surface area contributed by atoms with Crippen molar-refractivity contribution in [1.82, 2.24) is 4.90 Å². The van der Waals surface area contributed by atoms with Crippen molar-refractivity contribution in [3.05, 3.63) is 0 Å². The highest BCUT2D eigenvalue weighted by Gasteiger charge is 2.31. The molecule has 1 heterocycles. The molecule has 3 unspecified atom stereocenters. The van der Waals surface area contributed by atoms with Gasteiger partial charge in [0.2, 0.25) is 0 Å². The third-order valence-electron chi connectivity index (χ3n) is 3.62. The molecule has 0 spiro atoms. The molecule has 0 aromatic rings. The van der Waals surface area contributed by atoms with Crippen molar-refractivity contribution in [3.8, 4) is 0 Å². The van der Waals surface area contributed by atoms with Crippen molar-refractivity contribution in [2.45, 2.75) is 51.4 Å². The Morgan fingerprint density at radius 3 is 2.78 bits per heavy atom. The Morgan fingerprint density at radius 2 is 2.28 bits per heavy atom. The molecule has 0 aromatic carbocycles. The second kappa shape index (κ2) is 7.71. The molecule has 1 saturated heterocycles. The maximum absolute atomic E-state index is 10.8. The van der Waals surface area contributed by atoms with Gasteiger partial charge in [0.1, 0.15) is 0 Å². The van der Waals surface area contributed by atoms with Gasteiger partial charge in [0, 0.05) is 26.2 Å². The summed E-state index contributed by atoms with van der Waals surface area (Å²) in [6.45, 7) is 6.68. The van der Waals surface area contributed by atoms with Crippen LogP contribution >= 0.6 is 0 Å². The first-order chi connectivity index (χ1) is 8.58. The number of ether oxygens (including phenoxy) is 2. The van der Waals surface area contributed by atoms with Gasteiger partial charge in [-0.3, -0.25) is 4.90 Å². The van der Waals surface area contributed by atoms with Gasteiger partial charge in [-0.2, -0.15) is 0 Å². The lowest BCUT2D eigenvalue weighted by Gasteiger charge is -2.30. The summed E-state index contributed by atoms with van der Waals surface area (Å²) in [5.41, 5.74) is 0. The van der Waals surface area contributed by atoms with E-state index in [-0.39, 0.29) is 6.10 Å². The smallest absolute Gasteiger partial charge is 0.332 e. The zero-order valence-corrected chi connectivity index (χ0v) is 11.6. The Kier molecular flexibility index (Phi) is 6.60. The highest BCUT2D eigenvalue weighted by Crippen LogP contribution is 2.21. The fourth-order valence-corrected chi connectivity index (χ4v) is 2.24. The lowest BCUT2D eigenvalue weighted by atomic mass is 10.1. The second-order valence-electron chi connectivity index (χ2n) is 4.91. The van der Waals surface area contributed by atoms with Gasteiger partial charge >= 0.3 is 5.97 Å². The third kappa shape index (κ3) is 4.55. The molecule has 0 amide bonds. The van der Waals surface area contributed by atoms with Gasteiger partial charge in [0.15, 0.2) is 6.10 Å². The molecule has 106 valence electrons. The minimum Gasteiger partial charge on any atom is -0.479 e. The first kappa shape index (κ1) is 15.4. The minimum absolute atomic E-state index is 0.0388. The summed E-state index contributed by atoms with van der Waals surface area (Å²) >= 11 is 0. The average molecular weight is 259 g/mol. The van der Waals surface area contributed by atoms with E-state index < -0.39 is 12.1 Å². The Bertz CT molecular complexity index is 259. The number of methoxy groups -OCH3 is 1. The lowest BCUT2D eigenvalue weighted by molar-refractivity contribution is -0.149. The Balaban J connectivity index is 2.43. The van der Waals surface area contributed by atoms with E-state index in [1.54, 1.807) is 7.11 Å². The largest absolute Gasteiger partial charge is 0.479 e. The predicted octanol–water partition coefficient (Wildman–Crippen LogP) is 1.37. The summed E-state index contributed by atoms with van der Waals surface area (Å²) in [6, 6.07) is 0.465. The second-order valence-corrected chi connectivity index (χ2v) is 4.91. The van der Waals surface area contributed by atoms with Gasteiger partial charge in [0.05, 0.1) is 12.7 Å². The molecule has 1 fully saturated rings. The van der Waals surface area contributed by atoms with Crippen LogP contribution in [0.4, 0.5) is 0 Å². The van der Waals surface area contributed by atoms with E-state index in [2.05, 4.69) is 18.7 Å². The number of hydrogen-bond acceptors (Lipinski definition) is 4. The van der Waals surface area contributed by atoms with Crippen molar-refractivity contribution in [1.29, 1.82) is 0 Å². The molecule has 18 heavy (non-hydrogen) atoms. The highest BCUT2D eigenvalue weighted by molar-refractivity contribution is 5.72. The van der Waals surface area contributed by atoms with Gasteiger partial charge in [-0.1, -0.05) is 6.92 Å². The molecular weight excluding hydrogens is 234 g/mol. The SMILES string of the molecule is CCC(C)N(CCOC)CC1CCC(C(=O)O)O1. The predicted molar refractivity (Wildman–Crippen MR) is 68.7 cm³/mol. The fourth-order valence-electron chi connectivity index (χ4n) is 2.24. The zero-order chi connectivity index (χ0) is 13.5. The number of carbonyl (C=O) groups is 1. The molecule has 5 heteroatoms. The topological polar surface area (TPSA) is 59.0 Å². The van der Waals surface area contributed by atoms with Crippen LogP contribution < -0.4 is 0 Å². The van der Waals surface area contributed by atoms with Crippen LogP contribution in [0, 0.1) is 0 Å². The monoisotopic (exact) mass is 259 g/mol. The first-order valence-electron chi connectivity index (χ1n) is 6.69. The molecule has 1 aliphatic heterocycles. The average Bonchev–Trinajstić information content (AvgIpc) is 2.82. The number of carboxylic acid groups (broad SMARTS) is 1. The summed E-state index contributed by atoms with van der Waals surface area (Å²) in [5.74, 6) is -0.843. The Morgan fingerprint density at radius 1 is 1.56 bits per heavy atom. The summed E-state index contributed by atoms with van der Waals surface area (Å²) in [4.78, 5) is 13.2. The quantitative estimate of drug-likeness (QED) is 0.713. The summed E-state index contributed by atoms with van der Waals surface area (Å²) in [7, 11) is 1.70. The van der Waals surface area contributed by atoms with Crippen LogP contribution in [0.2, 0.25) is 0 Å². The van der Waals surface area contributed by atoms with Crippen molar-refractivity contribution in [2.24, 2.45) is 0 Å².